The Morgan fingerprint density at radius 2 is 1.95 bits per heavy atom. The summed E-state index contributed by atoms with van der Waals surface area (Å²) in [5.41, 5.74) is 2.13. The normalized spacial score (nSPS) is 18.2. The van der Waals surface area contributed by atoms with Crippen molar-refractivity contribution < 1.29 is 9.90 Å². The van der Waals surface area contributed by atoms with Gasteiger partial charge in [0.1, 0.15) is 0 Å². The number of carboxylic acid groups (broad SMARTS) is 1. The van der Waals surface area contributed by atoms with E-state index >= 15 is 0 Å². The summed E-state index contributed by atoms with van der Waals surface area (Å²) >= 11 is 0. The van der Waals surface area contributed by atoms with Crippen molar-refractivity contribution in [2.24, 2.45) is 0 Å². The number of hydrogen-bond donors (Lipinski definition) is 1. The van der Waals surface area contributed by atoms with E-state index in [1.54, 1.807) is 6.92 Å². The molecule has 1 aromatic heterocycles. The molecule has 1 unspecified atom stereocenters. The van der Waals surface area contributed by atoms with Crippen LogP contribution < -0.4 is 0 Å². The highest BCUT2D eigenvalue weighted by Gasteiger charge is 2.23. The van der Waals surface area contributed by atoms with Crippen molar-refractivity contribution >= 4 is 16.9 Å². The van der Waals surface area contributed by atoms with Gasteiger partial charge in [-0.2, -0.15) is 0 Å². The summed E-state index contributed by atoms with van der Waals surface area (Å²) in [4.78, 5) is 11.3. The van der Waals surface area contributed by atoms with Gasteiger partial charge >= 0.3 is 5.97 Å². The molecule has 0 amide bonds. The third kappa shape index (κ3) is 2.21. The van der Waals surface area contributed by atoms with Crippen LogP contribution in [0.3, 0.4) is 0 Å². The van der Waals surface area contributed by atoms with Crippen molar-refractivity contribution in [2.75, 3.05) is 0 Å². The van der Waals surface area contributed by atoms with Gasteiger partial charge < -0.3 is 9.67 Å². The van der Waals surface area contributed by atoms with Gasteiger partial charge in [0.05, 0.1) is 5.92 Å². The molecule has 0 radical (unpaired) electrons. The lowest BCUT2D eigenvalue weighted by atomic mass is 9.95. The average Bonchev–Trinajstić information content (AvgIpc) is 2.87. The number of aromatic nitrogens is 1. The number of aliphatic carboxylic acids is 1. The second-order valence-electron chi connectivity index (χ2n) is 5.86. The number of carbonyl (C=O) groups is 1. The third-order valence-corrected chi connectivity index (χ3v) is 4.58. The fraction of sp³-hybridized carbons (Fsp3) is 0.471. The summed E-state index contributed by atoms with van der Waals surface area (Å²) in [6, 6.07) is 8.72. The summed E-state index contributed by atoms with van der Waals surface area (Å²) in [7, 11) is 0. The van der Waals surface area contributed by atoms with Crippen LogP contribution >= 0.6 is 0 Å². The van der Waals surface area contributed by atoms with Gasteiger partial charge in [-0.1, -0.05) is 37.5 Å². The van der Waals surface area contributed by atoms with Crippen LogP contribution in [0.1, 0.15) is 56.6 Å². The molecule has 0 aliphatic heterocycles. The first-order chi connectivity index (χ1) is 9.68. The van der Waals surface area contributed by atoms with Gasteiger partial charge in [0.15, 0.2) is 0 Å². The van der Waals surface area contributed by atoms with E-state index in [1.807, 2.05) is 18.2 Å². The molecule has 1 aliphatic carbocycles. The van der Waals surface area contributed by atoms with E-state index in [-0.39, 0.29) is 0 Å². The Balaban J connectivity index is 2.10. The molecule has 1 aliphatic rings. The molecule has 2 aromatic rings. The van der Waals surface area contributed by atoms with Crippen LogP contribution in [-0.2, 0) is 4.79 Å². The number of hydrogen-bond acceptors (Lipinski definition) is 1. The van der Waals surface area contributed by atoms with E-state index in [1.165, 1.54) is 37.6 Å². The minimum Gasteiger partial charge on any atom is -0.481 e. The summed E-state index contributed by atoms with van der Waals surface area (Å²) in [6.07, 6.45) is 8.38. The Morgan fingerprint density at radius 3 is 2.65 bits per heavy atom. The van der Waals surface area contributed by atoms with Crippen molar-refractivity contribution in [3.8, 4) is 0 Å². The molecule has 3 nitrogen and oxygen atoms in total. The zero-order valence-electron chi connectivity index (χ0n) is 11.9. The number of benzene rings is 1. The minimum atomic E-state index is -0.753. The molecular weight excluding hydrogens is 250 g/mol. The predicted molar refractivity (Wildman–Crippen MR) is 80.1 cm³/mol. The maximum Gasteiger partial charge on any atom is 0.310 e. The maximum atomic E-state index is 11.3. The zero-order valence-corrected chi connectivity index (χ0v) is 11.9. The molecule has 1 saturated carbocycles. The monoisotopic (exact) mass is 271 g/mol. The van der Waals surface area contributed by atoms with E-state index in [2.05, 4.69) is 16.8 Å². The molecule has 0 spiro atoms. The van der Waals surface area contributed by atoms with Crippen LogP contribution in [-0.4, -0.2) is 15.6 Å². The topological polar surface area (TPSA) is 42.2 Å². The van der Waals surface area contributed by atoms with E-state index in [4.69, 9.17) is 0 Å². The van der Waals surface area contributed by atoms with Gasteiger partial charge in [-0.25, -0.2) is 0 Å². The van der Waals surface area contributed by atoms with Gasteiger partial charge in [0, 0.05) is 23.1 Å². The van der Waals surface area contributed by atoms with Crippen molar-refractivity contribution in [1.29, 1.82) is 0 Å². The van der Waals surface area contributed by atoms with Gasteiger partial charge in [0.25, 0.3) is 0 Å². The van der Waals surface area contributed by atoms with Gasteiger partial charge in [0.2, 0.25) is 0 Å². The lowest BCUT2D eigenvalue weighted by Gasteiger charge is -2.24. The molecule has 1 N–H and O–H groups in total. The van der Waals surface area contributed by atoms with Crippen LogP contribution in [0.4, 0.5) is 0 Å². The third-order valence-electron chi connectivity index (χ3n) is 4.58. The van der Waals surface area contributed by atoms with Crippen LogP contribution in [0, 0.1) is 0 Å². The molecule has 1 atom stereocenters. The summed E-state index contributed by atoms with van der Waals surface area (Å²) < 4.78 is 2.32. The van der Waals surface area contributed by atoms with Gasteiger partial charge in [-0.05, 0) is 31.4 Å². The molecule has 3 heteroatoms. The quantitative estimate of drug-likeness (QED) is 0.902. The Labute approximate surface area is 119 Å². The fourth-order valence-corrected chi connectivity index (χ4v) is 3.37. The van der Waals surface area contributed by atoms with Gasteiger partial charge in [-0.15, -0.1) is 0 Å². The molecule has 0 saturated heterocycles. The predicted octanol–water partition coefficient (Wildman–Crippen LogP) is 4.33. The van der Waals surface area contributed by atoms with E-state index in [0.717, 1.165) is 10.9 Å². The number of rotatable bonds is 3. The second kappa shape index (κ2) is 5.31. The van der Waals surface area contributed by atoms with Crippen molar-refractivity contribution in [3.63, 3.8) is 0 Å². The largest absolute Gasteiger partial charge is 0.481 e. The average molecular weight is 271 g/mol. The molecule has 1 aromatic carbocycles. The SMILES string of the molecule is CC(C(=O)O)c1cn(C2CCCCC2)c2ccccc12. The lowest BCUT2D eigenvalue weighted by Crippen LogP contribution is -2.12. The Kier molecular flexibility index (Phi) is 3.51. The standard InChI is InChI=1S/C17H21NO2/c1-12(17(19)20)15-11-18(13-7-3-2-4-8-13)16-10-6-5-9-14(15)16/h5-6,9-13H,2-4,7-8H2,1H3,(H,19,20). The van der Waals surface area contributed by atoms with Crippen LogP contribution in [0.25, 0.3) is 10.9 Å². The number of fused-ring (bicyclic) bond motifs is 1. The smallest absolute Gasteiger partial charge is 0.310 e. The zero-order chi connectivity index (χ0) is 14.1. The molecule has 1 heterocycles. The van der Waals surface area contributed by atoms with E-state index in [0.29, 0.717) is 6.04 Å². The van der Waals surface area contributed by atoms with Crippen molar-refractivity contribution in [3.05, 3.63) is 36.0 Å². The number of para-hydroxylation sites is 1. The van der Waals surface area contributed by atoms with Crippen LogP contribution in [0.5, 0.6) is 0 Å². The first kappa shape index (κ1) is 13.2. The fourth-order valence-electron chi connectivity index (χ4n) is 3.37. The summed E-state index contributed by atoms with van der Waals surface area (Å²) in [6.45, 7) is 1.77. The van der Waals surface area contributed by atoms with Crippen molar-refractivity contribution in [2.45, 2.75) is 51.0 Å². The first-order valence-corrected chi connectivity index (χ1v) is 7.50. The van der Waals surface area contributed by atoms with E-state index < -0.39 is 11.9 Å². The molecule has 0 bridgehead atoms. The second-order valence-corrected chi connectivity index (χ2v) is 5.86. The Hall–Kier alpha value is -1.77. The van der Waals surface area contributed by atoms with Crippen molar-refractivity contribution in [1.82, 2.24) is 4.57 Å². The Morgan fingerprint density at radius 1 is 1.25 bits per heavy atom. The summed E-state index contributed by atoms with van der Waals surface area (Å²) in [5, 5.41) is 10.4. The summed E-state index contributed by atoms with van der Waals surface area (Å²) in [5.74, 6) is -1.21. The first-order valence-electron chi connectivity index (χ1n) is 7.50. The molecule has 106 valence electrons. The van der Waals surface area contributed by atoms with Gasteiger partial charge in [-0.3, -0.25) is 4.79 Å². The minimum absolute atomic E-state index is 0.454. The number of carboxylic acids is 1. The molecule has 3 rings (SSSR count). The lowest BCUT2D eigenvalue weighted by molar-refractivity contribution is -0.138. The highest BCUT2D eigenvalue weighted by molar-refractivity contribution is 5.89. The number of nitrogens with zero attached hydrogens (tertiary/aromatic N) is 1. The molecule has 20 heavy (non-hydrogen) atoms. The highest BCUT2D eigenvalue weighted by atomic mass is 16.4. The Bertz CT molecular complexity index is 623. The van der Waals surface area contributed by atoms with Crippen LogP contribution in [0.2, 0.25) is 0 Å². The molecular formula is C17H21NO2. The van der Waals surface area contributed by atoms with E-state index in [9.17, 15) is 9.90 Å². The maximum absolute atomic E-state index is 11.3. The van der Waals surface area contributed by atoms with Crippen LogP contribution in [0.15, 0.2) is 30.5 Å². The molecule has 1 fully saturated rings. The highest BCUT2D eigenvalue weighted by Crippen LogP contribution is 2.35.